The highest BCUT2D eigenvalue weighted by Crippen LogP contribution is 2.27. The van der Waals surface area contributed by atoms with Gasteiger partial charge in [0.05, 0.1) is 76.3 Å². The lowest BCUT2D eigenvalue weighted by atomic mass is 10.0. The standard InChI is InChI=1S/3C14H23NO2.3C13H21NO3.HI.H2O4S/c3*1-10-5-6-11(7-12(10)9-16)13(17)8-15-14(2,3)4;3*1-13(2,3)14-7-12(17)9-4-5-11(16)10(6-9)8-15;;1-5(2,3)4/h3*5-7,13,15-17H,8-9H2,1-4H3;3*4-6,12,14-17H,7-8H2,1-3H3;1H;(H2,1,2,3,4)/t2*13-;;3*12-;;/m00.000../s1. The molecule has 0 bridgehead atoms. The van der Waals surface area contributed by atoms with E-state index in [1.54, 1.807) is 36.4 Å². The quantitative estimate of drug-likeness (QED) is 0.0198. The van der Waals surface area contributed by atoms with Gasteiger partial charge in [-0.05, 0) is 249 Å². The lowest BCUT2D eigenvalue weighted by molar-refractivity contribution is 0.162. The molecule has 6 aromatic carbocycles. The molecule has 6 atom stereocenters. The smallest absolute Gasteiger partial charge is 0.394 e. The van der Waals surface area contributed by atoms with E-state index >= 15 is 0 Å². The van der Waals surface area contributed by atoms with Crippen molar-refractivity contribution in [2.75, 3.05) is 39.3 Å². The molecule has 0 spiro atoms. The van der Waals surface area contributed by atoms with Crippen molar-refractivity contribution in [3.63, 3.8) is 0 Å². The van der Waals surface area contributed by atoms with E-state index in [0.29, 0.717) is 72.6 Å². The van der Waals surface area contributed by atoms with E-state index in [1.807, 2.05) is 138 Å². The molecule has 23 N–H and O–H groups in total. The molecule has 0 aliphatic heterocycles. The normalized spacial score (nSPS) is 13.5. The van der Waals surface area contributed by atoms with Crippen LogP contribution in [0.5, 0.6) is 17.2 Å². The second kappa shape index (κ2) is 49.2. The van der Waals surface area contributed by atoms with Gasteiger partial charge in [0.1, 0.15) is 17.2 Å². The van der Waals surface area contributed by atoms with Gasteiger partial charge < -0.3 is 108 Å². The van der Waals surface area contributed by atoms with Crippen LogP contribution in [0.1, 0.15) is 245 Å². The number of hydrogen-bond acceptors (Lipinski definition) is 23. The van der Waals surface area contributed by atoms with Crippen LogP contribution in [0, 0.1) is 20.8 Å². The Morgan fingerprint density at radius 3 is 0.537 bits per heavy atom. The number of nitrogens with one attached hydrogen (secondary N) is 6. The summed E-state index contributed by atoms with van der Waals surface area (Å²) < 4.78 is 31.6. The maximum atomic E-state index is 10.1. The van der Waals surface area contributed by atoms with Crippen molar-refractivity contribution in [1.82, 2.24) is 31.9 Å². The zero-order valence-corrected chi connectivity index (χ0v) is 70.7. The van der Waals surface area contributed by atoms with Crippen LogP contribution in [0.15, 0.2) is 109 Å². The van der Waals surface area contributed by atoms with Crippen molar-refractivity contribution in [3.8, 4) is 17.2 Å². The van der Waals surface area contributed by atoms with E-state index in [0.717, 1.165) is 50.1 Å². The molecule has 0 saturated heterocycles. The minimum Gasteiger partial charge on any atom is -0.508 e. The van der Waals surface area contributed by atoms with E-state index < -0.39 is 47.0 Å². The summed E-state index contributed by atoms with van der Waals surface area (Å²) in [7, 11) is -4.67. The molecule has 25 nitrogen and oxygen atoms in total. The number of benzene rings is 6. The van der Waals surface area contributed by atoms with Gasteiger partial charge in [-0.3, -0.25) is 9.11 Å². The number of hydrogen-bond donors (Lipinski definition) is 23. The number of β-amino-alcohol motifs (C(OH)–C–C–N with tert-alkyl or cyclic N) is 6. The molecule has 27 heteroatoms. The third kappa shape index (κ3) is 47.7. The Bertz CT molecular complexity index is 3060. The highest BCUT2D eigenvalue weighted by atomic mass is 127. The molecule has 1 unspecified atom stereocenters. The molecule has 0 fully saturated rings. The van der Waals surface area contributed by atoms with Crippen LogP contribution in [0.4, 0.5) is 0 Å². The van der Waals surface area contributed by atoms with Crippen LogP contribution in [0.3, 0.4) is 0 Å². The van der Waals surface area contributed by atoms with Crippen LogP contribution in [0.2, 0.25) is 0 Å². The van der Waals surface area contributed by atoms with Gasteiger partial charge in [0.25, 0.3) is 0 Å². The molecule has 108 heavy (non-hydrogen) atoms. The number of aliphatic hydroxyl groups is 12. The number of phenols is 3. The van der Waals surface area contributed by atoms with Crippen molar-refractivity contribution in [3.05, 3.63) is 193 Å². The molecule has 0 aliphatic carbocycles. The van der Waals surface area contributed by atoms with Crippen molar-refractivity contribution >= 4 is 34.4 Å². The largest absolute Gasteiger partial charge is 0.508 e. The van der Waals surface area contributed by atoms with E-state index in [-0.39, 0.29) is 114 Å². The summed E-state index contributed by atoms with van der Waals surface area (Å²) >= 11 is 0. The first-order valence-corrected chi connectivity index (χ1v) is 37.1. The van der Waals surface area contributed by atoms with Crippen LogP contribution in [-0.2, 0) is 50.0 Å². The minimum absolute atomic E-state index is 0. The fourth-order valence-corrected chi connectivity index (χ4v) is 9.15. The molecule has 0 amide bonds. The summed E-state index contributed by atoms with van der Waals surface area (Å²) in [4.78, 5) is 0. The minimum atomic E-state index is -4.67. The molecule has 6 rings (SSSR count). The predicted octanol–water partition coefficient (Wildman–Crippen LogP) is 9.61. The van der Waals surface area contributed by atoms with Gasteiger partial charge in [0.2, 0.25) is 0 Å². The number of rotatable bonds is 24. The number of aliphatic hydroxyl groups excluding tert-OH is 12. The maximum absolute atomic E-state index is 10.1. The van der Waals surface area contributed by atoms with E-state index in [2.05, 4.69) is 94.2 Å². The fourth-order valence-electron chi connectivity index (χ4n) is 9.15. The Balaban J connectivity index is 0. The second-order valence-electron chi connectivity index (χ2n) is 32.5. The number of aromatic hydroxyl groups is 3. The summed E-state index contributed by atoms with van der Waals surface area (Å²) in [6.07, 6.45) is -3.58. The van der Waals surface area contributed by atoms with Crippen molar-refractivity contribution in [2.45, 2.75) is 255 Å². The Hall–Kier alpha value is -5.40. The molecular weight excluding hydrogens is 1520 g/mol. The number of aryl methyl sites for hydroxylation is 3. The molecule has 0 aliphatic rings. The highest BCUT2D eigenvalue weighted by molar-refractivity contribution is 14.0. The lowest BCUT2D eigenvalue weighted by Gasteiger charge is -2.23. The zero-order chi connectivity index (χ0) is 82.8. The van der Waals surface area contributed by atoms with E-state index in [9.17, 15) is 61.3 Å². The fraction of sp³-hybridized carbons (Fsp3) is 0.556. The van der Waals surface area contributed by atoms with Gasteiger partial charge in [0, 0.05) is 89.2 Å². The van der Waals surface area contributed by atoms with E-state index in [4.69, 9.17) is 32.8 Å². The summed E-state index contributed by atoms with van der Waals surface area (Å²) in [5, 5.41) is 162. The van der Waals surface area contributed by atoms with Gasteiger partial charge in [-0.25, -0.2) is 0 Å². The third-order valence-corrected chi connectivity index (χ3v) is 15.7. The van der Waals surface area contributed by atoms with Gasteiger partial charge in [-0.1, -0.05) is 72.8 Å². The molecule has 0 aromatic heterocycles. The van der Waals surface area contributed by atoms with Gasteiger partial charge in [-0.15, -0.1) is 24.0 Å². The number of halogens is 1. The first-order chi connectivity index (χ1) is 49.0. The maximum Gasteiger partial charge on any atom is 0.394 e. The molecule has 6 aromatic rings. The highest BCUT2D eigenvalue weighted by Gasteiger charge is 2.21. The molecule has 616 valence electrons. The lowest BCUT2D eigenvalue weighted by Crippen LogP contribution is -2.38. The van der Waals surface area contributed by atoms with Gasteiger partial charge in [-0.2, -0.15) is 8.42 Å². The summed E-state index contributed by atoms with van der Waals surface area (Å²) in [5.74, 6) is 0.145. The summed E-state index contributed by atoms with van der Waals surface area (Å²) in [6.45, 7) is 44.8. The SMILES string of the molecule is CC(C)(C)NC[C@H](O)c1ccc(O)c(CO)c1.CC(C)(C)NC[C@H](O)c1ccc(O)c(CO)c1.CC(C)(C)NC[C@H](O)c1ccc(O)c(CO)c1.Cc1ccc(C(O)CNC(C)(C)C)cc1CO.Cc1ccc([C@@H](O)CNC(C)(C)C)cc1CO.Cc1ccc([C@@H](O)CNC(C)(C)C)cc1CO.I.O=S(=O)(O)O. The molecule has 0 saturated carbocycles. The van der Waals surface area contributed by atoms with Crippen LogP contribution >= 0.6 is 24.0 Å². The van der Waals surface area contributed by atoms with Crippen molar-refractivity contribution in [2.24, 2.45) is 0 Å². The van der Waals surface area contributed by atoms with Crippen molar-refractivity contribution in [1.29, 1.82) is 0 Å². The third-order valence-electron chi connectivity index (χ3n) is 15.7. The Kier molecular flexibility index (Phi) is 47.7. The zero-order valence-electron chi connectivity index (χ0n) is 67.6. The van der Waals surface area contributed by atoms with Gasteiger partial charge in [0.15, 0.2) is 0 Å². The Morgan fingerprint density at radius 1 is 0.278 bits per heavy atom. The van der Waals surface area contributed by atoms with Crippen LogP contribution in [-0.4, -0.2) is 167 Å². The van der Waals surface area contributed by atoms with Crippen molar-refractivity contribution < 1.29 is 94.1 Å². The van der Waals surface area contributed by atoms with Crippen LogP contribution in [0.25, 0.3) is 0 Å². The topological polar surface area (TPSA) is 450 Å². The first kappa shape index (κ1) is 105. The predicted molar refractivity (Wildman–Crippen MR) is 439 cm³/mol. The first-order valence-electron chi connectivity index (χ1n) is 35.7. The van der Waals surface area contributed by atoms with E-state index in [1.165, 1.54) is 18.2 Å². The molecule has 0 radical (unpaired) electrons. The average Bonchev–Trinajstić information content (AvgIpc) is 0.888. The average molecular weight is 1660 g/mol. The Morgan fingerprint density at radius 2 is 0.407 bits per heavy atom. The molecule has 0 heterocycles. The Labute approximate surface area is 660 Å². The second-order valence-corrected chi connectivity index (χ2v) is 33.4. The molecular formula is C81H135IN6O19S. The summed E-state index contributed by atoms with van der Waals surface area (Å²) in [5.41, 5.74) is 11.4. The van der Waals surface area contributed by atoms with Crippen LogP contribution < -0.4 is 31.9 Å². The monoisotopic (exact) mass is 1650 g/mol. The summed E-state index contributed by atoms with van der Waals surface area (Å²) in [6, 6.07) is 31.4. The van der Waals surface area contributed by atoms with Gasteiger partial charge >= 0.3 is 10.4 Å².